The van der Waals surface area contributed by atoms with E-state index in [-0.39, 0.29) is 24.0 Å². The largest absolute Gasteiger partial charge is 0.357 e. The summed E-state index contributed by atoms with van der Waals surface area (Å²) in [4.78, 5) is 7.34. The summed E-state index contributed by atoms with van der Waals surface area (Å²) < 4.78 is 1.96. The molecule has 7 heteroatoms. The molecule has 1 saturated heterocycles. The Bertz CT molecular complexity index is 554. The Morgan fingerprint density at radius 2 is 2.04 bits per heavy atom. The van der Waals surface area contributed by atoms with Crippen molar-refractivity contribution in [2.45, 2.75) is 53.0 Å². The normalized spacial score (nSPS) is 18.3. The molecule has 2 heterocycles. The van der Waals surface area contributed by atoms with Crippen molar-refractivity contribution < 1.29 is 0 Å². The Kier molecular flexibility index (Phi) is 9.78. The Morgan fingerprint density at radius 1 is 1.28 bits per heavy atom. The molecule has 144 valence electrons. The third kappa shape index (κ3) is 6.13. The Balaban J connectivity index is 0.00000312. The molecular weight excluding hydrogens is 427 g/mol. The van der Waals surface area contributed by atoms with Gasteiger partial charge in [-0.1, -0.05) is 6.92 Å². The SMILES string of the molecule is CCNC(=NCC1CCCN1CC)NCCc1c(C)nn(C)c1C.I. The molecule has 0 bridgehead atoms. The quantitative estimate of drug-likeness (QED) is 0.371. The van der Waals surface area contributed by atoms with Gasteiger partial charge in [-0.15, -0.1) is 24.0 Å². The zero-order valence-electron chi connectivity index (χ0n) is 16.4. The third-order valence-electron chi connectivity index (χ3n) is 5.04. The number of halogens is 1. The molecule has 0 radical (unpaired) electrons. The van der Waals surface area contributed by atoms with E-state index in [0.29, 0.717) is 6.04 Å². The highest BCUT2D eigenvalue weighted by Crippen LogP contribution is 2.16. The minimum absolute atomic E-state index is 0. The van der Waals surface area contributed by atoms with Gasteiger partial charge >= 0.3 is 0 Å². The van der Waals surface area contributed by atoms with Crippen molar-refractivity contribution in [2.24, 2.45) is 12.0 Å². The van der Waals surface area contributed by atoms with Gasteiger partial charge in [-0.25, -0.2) is 0 Å². The van der Waals surface area contributed by atoms with E-state index in [1.54, 1.807) is 0 Å². The van der Waals surface area contributed by atoms with E-state index in [0.717, 1.165) is 44.3 Å². The van der Waals surface area contributed by atoms with Crippen LogP contribution in [0.15, 0.2) is 4.99 Å². The van der Waals surface area contributed by atoms with Crippen molar-refractivity contribution in [3.8, 4) is 0 Å². The standard InChI is InChI=1S/C18H34N6.HI/c1-6-19-18(21-13-16-9-8-12-24(16)7-2)20-11-10-17-14(3)22-23(5)15(17)4;/h16H,6-13H2,1-5H3,(H2,19,20,21);1H. The lowest BCUT2D eigenvalue weighted by Gasteiger charge is -2.21. The number of nitrogens with zero attached hydrogens (tertiary/aromatic N) is 4. The Morgan fingerprint density at radius 3 is 2.64 bits per heavy atom. The minimum Gasteiger partial charge on any atom is -0.357 e. The summed E-state index contributed by atoms with van der Waals surface area (Å²) in [6.45, 7) is 13.6. The molecular formula is C18H35IN6. The van der Waals surface area contributed by atoms with Gasteiger partial charge < -0.3 is 10.6 Å². The summed E-state index contributed by atoms with van der Waals surface area (Å²) in [6.07, 6.45) is 3.54. The molecule has 0 aliphatic carbocycles. The number of aryl methyl sites for hydroxylation is 2. The van der Waals surface area contributed by atoms with E-state index in [4.69, 9.17) is 4.99 Å². The number of likely N-dealkylation sites (N-methyl/N-ethyl adjacent to an activating group) is 1. The van der Waals surface area contributed by atoms with E-state index in [1.807, 2.05) is 11.7 Å². The molecule has 2 rings (SSSR count). The maximum atomic E-state index is 4.81. The van der Waals surface area contributed by atoms with Crippen LogP contribution in [0.3, 0.4) is 0 Å². The molecule has 6 nitrogen and oxygen atoms in total. The molecule has 1 aromatic heterocycles. The first-order chi connectivity index (χ1) is 11.6. The first kappa shape index (κ1) is 22.2. The number of aliphatic imine (C=N–C) groups is 1. The lowest BCUT2D eigenvalue weighted by atomic mass is 10.1. The van der Waals surface area contributed by atoms with Crippen molar-refractivity contribution in [3.05, 3.63) is 17.0 Å². The second-order valence-corrected chi connectivity index (χ2v) is 6.59. The Labute approximate surface area is 169 Å². The zero-order valence-corrected chi connectivity index (χ0v) is 18.8. The summed E-state index contributed by atoms with van der Waals surface area (Å²) in [5.74, 6) is 0.930. The van der Waals surface area contributed by atoms with Crippen LogP contribution < -0.4 is 10.6 Å². The van der Waals surface area contributed by atoms with E-state index in [9.17, 15) is 0 Å². The van der Waals surface area contributed by atoms with Crippen LogP contribution in [-0.2, 0) is 13.5 Å². The number of nitrogens with one attached hydrogen (secondary N) is 2. The van der Waals surface area contributed by atoms with Crippen LogP contribution in [0.1, 0.15) is 43.6 Å². The fraction of sp³-hybridized carbons (Fsp3) is 0.778. The van der Waals surface area contributed by atoms with Crippen LogP contribution in [0, 0.1) is 13.8 Å². The zero-order chi connectivity index (χ0) is 17.5. The molecule has 0 saturated carbocycles. The van der Waals surface area contributed by atoms with Crippen LogP contribution >= 0.6 is 24.0 Å². The molecule has 1 fully saturated rings. The first-order valence-electron chi connectivity index (χ1n) is 9.32. The van der Waals surface area contributed by atoms with Gasteiger partial charge in [0, 0.05) is 31.9 Å². The van der Waals surface area contributed by atoms with Gasteiger partial charge in [-0.3, -0.25) is 14.6 Å². The predicted octanol–water partition coefficient (Wildman–Crippen LogP) is 2.24. The van der Waals surface area contributed by atoms with Gasteiger partial charge in [0.25, 0.3) is 0 Å². The van der Waals surface area contributed by atoms with Crippen LogP contribution in [0.5, 0.6) is 0 Å². The van der Waals surface area contributed by atoms with Crippen LogP contribution in [-0.4, -0.2) is 59.4 Å². The highest BCUT2D eigenvalue weighted by molar-refractivity contribution is 14.0. The van der Waals surface area contributed by atoms with Gasteiger partial charge in [-0.05, 0) is 58.7 Å². The maximum absolute atomic E-state index is 4.81. The summed E-state index contributed by atoms with van der Waals surface area (Å²) in [5, 5.41) is 11.3. The Hall–Kier alpha value is -0.830. The molecule has 2 N–H and O–H groups in total. The minimum atomic E-state index is 0. The number of hydrogen-bond acceptors (Lipinski definition) is 3. The molecule has 0 spiro atoms. The number of aromatic nitrogens is 2. The van der Waals surface area contributed by atoms with Crippen molar-refractivity contribution >= 4 is 29.9 Å². The van der Waals surface area contributed by atoms with Crippen LogP contribution in [0.4, 0.5) is 0 Å². The molecule has 0 aromatic carbocycles. The molecule has 1 unspecified atom stereocenters. The fourth-order valence-corrected chi connectivity index (χ4v) is 3.54. The average molecular weight is 462 g/mol. The third-order valence-corrected chi connectivity index (χ3v) is 5.04. The number of hydrogen-bond donors (Lipinski definition) is 2. The number of guanidine groups is 1. The second-order valence-electron chi connectivity index (χ2n) is 6.59. The molecule has 1 aliphatic heterocycles. The molecule has 25 heavy (non-hydrogen) atoms. The molecule has 1 aliphatic rings. The topological polar surface area (TPSA) is 57.5 Å². The fourth-order valence-electron chi connectivity index (χ4n) is 3.54. The van der Waals surface area contributed by atoms with Gasteiger partial charge in [0.1, 0.15) is 0 Å². The monoisotopic (exact) mass is 462 g/mol. The number of rotatable bonds is 7. The lowest BCUT2D eigenvalue weighted by molar-refractivity contribution is 0.273. The summed E-state index contributed by atoms with van der Waals surface area (Å²) in [5.41, 5.74) is 3.72. The molecule has 0 amide bonds. The lowest BCUT2D eigenvalue weighted by Crippen LogP contribution is -2.40. The summed E-state index contributed by atoms with van der Waals surface area (Å²) in [6, 6.07) is 0.605. The second kappa shape index (κ2) is 11.0. The number of likely N-dealkylation sites (tertiary alicyclic amines) is 1. The smallest absolute Gasteiger partial charge is 0.191 e. The van der Waals surface area contributed by atoms with E-state index in [1.165, 1.54) is 30.6 Å². The van der Waals surface area contributed by atoms with Crippen molar-refractivity contribution in [1.82, 2.24) is 25.3 Å². The van der Waals surface area contributed by atoms with E-state index >= 15 is 0 Å². The highest BCUT2D eigenvalue weighted by Gasteiger charge is 2.22. The van der Waals surface area contributed by atoms with E-state index < -0.39 is 0 Å². The molecule has 1 atom stereocenters. The van der Waals surface area contributed by atoms with Gasteiger partial charge in [0.15, 0.2) is 5.96 Å². The van der Waals surface area contributed by atoms with Gasteiger partial charge in [0.05, 0.1) is 12.2 Å². The van der Waals surface area contributed by atoms with Crippen molar-refractivity contribution in [1.29, 1.82) is 0 Å². The molecule has 1 aromatic rings. The van der Waals surface area contributed by atoms with Crippen molar-refractivity contribution in [3.63, 3.8) is 0 Å². The van der Waals surface area contributed by atoms with Crippen LogP contribution in [0.2, 0.25) is 0 Å². The van der Waals surface area contributed by atoms with Crippen LogP contribution in [0.25, 0.3) is 0 Å². The summed E-state index contributed by atoms with van der Waals surface area (Å²) >= 11 is 0. The average Bonchev–Trinajstić information content (AvgIpc) is 3.11. The summed E-state index contributed by atoms with van der Waals surface area (Å²) in [7, 11) is 2.01. The van der Waals surface area contributed by atoms with E-state index in [2.05, 4.69) is 48.3 Å². The maximum Gasteiger partial charge on any atom is 0.191 e. The van der Waals surface area contributed by atoms with Crippen molar-refractivity contribution in [2.75, 3.05) is 32.7 Å². The first-order valence-corrected chi connectivity index (χ1v) is 9.32. The highest BCUT2D eigenvalue weighted by atomic mass is 127. The van der Waals surface area contributed by atoms with Gasteiger partial charge in [-0.2, -0.15) is 5.10 Å². The predicted molar refractivity (Wildman–Crippen MR) is 116 cm³/mol. The van der Waals surface area contributed by atoms with Gasteiger partial charge in [0.2, 0.25) is 0 Å².